The zero-order valence-electron chi connectivity index (χ0n) is 12.7. The van der Waals surface area contributed by atoms with Crippen molar-refractivity contribution in [2.24, 2.45) is 0 Å². The Labute approximate surface area is 129 Å². The van der Waals surface area contributed by atoms with Crippen molar-refractivity contribution < 1.29 is 9.13 Å². The van der Waals surface area contributed by atoms with E-state index < -0.39 is 0 Å². The second-order valence-corrected chi connectivity index (χ2v) is 5.59. The molecule has 116 valence electrons. The molecule has 0 saturated carbocycles. The van der Waals surface area contributed by atoms with Crippen LogP contribution < -0.4 is 5.32 Å². The Bertz CT molecular complexity index is 642. The summed E-state index contributed by atoms with van der Waals surface area (Å²) in [5, 5.41) is 3.30. The first-order valence-corrected chi connectivity index (χ1v) is 7.62. The van der Waals surface area contributed by atoms with Crippen molar-refractivity contribution in [2.75, 3.05) is 25.1 Å². The third-order valence-electron chi connectivity index (χ3n) is 3.81. The lowest BCUT2D eigenvalue weighted by molar-refractivity contribution is 0.193. The number of hydrogen-bond acceptors (Lipinski definition) is 4. The van der Waals surface area contributed by atoms with Crippen molar-refractivity contribution in [2.45, 2.75) is 25.7 Å². The molecule has 1 aromatic carbocycles. The molecule has 0 bridgehead atoms. The first-order chi connectivity index (χ1) is 10.7. The second kappa shape index (κ2) is 6.83. The summed E-state index contributed by atoms with van der Waals surface area (Å²) >= 11 is 0. The summed E-state index contributed by atoms with van der Waals surface area (Å²) in [7, 11) is 0. The monoisotopic (exact) mass is 301 g/mol. The van der Waals surface area contributed by atoms with Gasteiger partial charge in [0, 0.05) is 25.1 Å². The highest BCUT2D eigenvalue weighted by Crippen LogP contribution is 2.25. The van der Waals surface area contributed by atoms with Crippen molar-refractivity contribution >= 4 is 5.82 Å². The van der Waals surface area contributed by atoms with Gasteiger partial charge in [-0.25, -0.2) is 14.4 Å². The van der Waals surface area contributed by atoms with Gasteiger partial charge in [-0.3, -0.25) is 0 Å². The molecule has 22 heavy (non-hydrogen) atoms. The van der Waals surface area contributed by atoms with Crippen LogP contribution in [0, 0.1) is 12.7 Å². The van der Waals surface area contributed by atoms with Gasteiger partial charge in [0.25, 0.3) is 0 Å². The van der Waals surface area contributed by atoms with Gasteiger partial charge in [-0.15, -0.1) is 0 Å². The normalized spacial score (nSPS) is 17.6. The summed E-state index contributed by atoms with van der Waals surface area (Å²) in [4.78, 5) is 8.93. The summed E-state index contributed by atoms with van der Waals surface area (Å²) in [6, 6.07) is 8.68. The molecule has 4 nitrogen and oxygen atoms in total. The number of nitrogens with zero attached hydrogens (tertiary/aromatic N) is 2. The van der Waals surface area contributed by atoms with Crippen molar-refractivity contribution in [3.05, 3.63) is 53.2 Å². The molecule has 1 N–H and O–H groups in total. The number of nitrogens with one attached hydrogen (secondary N) is 1. The molecule has 1 aliphatic heterocycles. The van der Waals surface area contributed by atoms with E-state index in [1.165, 1.54) is 6.07 Å². The van der Waals surface area contributed by atoms with Crippen LogP contribution in [-0.2, 0) is 11.2 Å². The van der Waals surface area contributed by atoms with E-state index in [-0.39, 0.29) is 5.82 Å². The summed E-state index contributed by atoms with van der Waals surface area (Å²) < 4.78 is 18.6. The van der Waals surface area contributed by atoms with E-state index in [0.29, 0.717) is 12.5 Å². The Hall–Kier alpha value is -2.01. The lowest BCUT2D eigenvalue weighted by Gasteiger charge is -2.11. The van der Waals surface area contributed by atoms with Crippen LogP contribution in [0.2, 0.25) is 0 Å². The van der Waals surface area contributed by atoms with Crippen LogP contribution in [0.1, 0.15) is 29.4 Å². The van der Waals surface area contributed by atoms with E-state index in [9.17, 15) is 4.39 Å². The van der Waals surface area contributed by atoms with Gasteiger partial charge in [0.1, 0.15) is 17.5 Å². The first-order valence-electron chi connectivity index (χ1n) is 7.62. The molecular weight excluding hydrogens is 281 g/mol. The average molecular weight is 301 g/mol. The predicted molar refractivity (Wildman–Crippen MR) is 83.5 cm³/mol. The fraction of sp³-hybridized carbons (Fsp3) is 0.412. The van der Waals surface area contributed by atoms with E-state index >= 15 is 0 Å². The minimum absolute atomic E-state index is 0.195. The number of aryl methyl sites for hydroxylation is 1. The highest BCUT2D eigenvalue weighted by atomic mass is 19.1. The van der Waals surface area contributed by atoms with Crippen LogP contribution in [0.3, 0.4) is 0 Å². The van der Waals surface area contributed by atoms with Crippen molar-refractivity contribution in [3.8, 4) is 0 Å². The van der Waals surface area contributed by atoms with Crippen LogP contribution in [0.25, 0.3) is 0 Å². The van der Waals surface area contributed by atoms with Crippen LogP contribution in [0.4, 0.5) is 10.2 Å². The number of rotatable bonds is 5. The SMILES string of the molecule is Cc1nc(NCCc2cccc(F)c2)cc(C2CCOC2)n1. The Kier molecular flexibility index (Phi) is 4.63. The molecule has 5 heteroatoms. The molecule has 1 fully saturated rings. The molecular formula is C17H20FN3O. The molecule has 1 aromatic heterocycles. The Morgan fingerprint density at radius 1 is 1.32 bits per heavy atom. The van der Waals surface area contributed by atoms with E-state index in [4.69, 9.17) is 4.74 Å². The van der Waals surface area contributed by atoms with Gasteiger partial charge >= 0.3 is 0 Å². The van der Waals surface area contributed by atoms with Gasteiger partial charge in [0.2, 0.25) is 0 Å². The molecule has 1 aliphatic rings. The summed E-state index contributed by atoms with van der Waals surface area (Å²) in [5.41, 5.74) is 2.01. The standard InChI is InChI=1S/C17H20FN3O/c1-12-20-16(14-6-8-22-11-14)10-17(21-12)19-7-5-13-3-2-4-15(18)9-13/h2-4,9-10,14H,5-8,11H2,1H3,(H,19,20,21). The maximum Gasteiger partial charge on any atom is 0.129 e. The Morgan fingerprint density at radius 2 is 2.23 bits per heavy atom. The highest BCUT2D eigenvalue weighted by molar-refractivity contribution is 5.37. The van der Waals surface area contributed by atoms with E-state index in [2.05, 4.69) is 15.3 Å². The van der Waals surface area contributed by atoms with Gasteiger partial charge < -0.3 is 10.1 Å². The number of hydrogen-bond donors (Lipinski definition) is 1. The zero-order valence-corrected chi connectivity index (χ0v) is 12.7. The van der Waals surface area contributed by atoms with Crippen LogP contribution in [0.15, 0.2) is 30.3 Å². The fourth-order valence-corrected chi connectivity index (χ4v) is 2.69. The minimum Gasteiger partial charge on any atom is -0.381 e. The van der Waals surface area contributed by atoms with E-state index in [1.54, 1.807) is 12.1 Å². The minimum atomic E-state index is -0.195. The first kappa shape index (κ1) is 14.9. The van der Waals surface area contributed by atoms with Crippen molar-refractivity contribution in [3.63, 3.8) is 0 Å². The average Bonchev–Trinajstić information content (AvgIpc) is 3.01. The molecule has 1 saturated heterocycles. The number of anilines is 1. The number of benzene rings is 1. The van der Waals surface area contributed by atoms with Crippen LogP contribution >= 0.6 is 0 Å². The smallest absolute Gasteiger partial charge is 0.129 e. The lowest BCUT2D eigenvalue weighted by atomic mass is 10.0. The molecule has 0 radical (unpaired) electrons. The van der Waals surface area contributed by atoms with Gasteiger partial charge in [-0.05, 0) is 37.5 Å². The van der Waals surface area contributed by atoms with Gasteiger partial charge in [0.15, 0.2) is 0 Å². The molecule has 0 spiro atoms. The summed E-state index contributed by atoms with van der Waals surface area (Å²) in [6.45, 7) is 4.15. The maximum absolute atomic E-state index is 13.1. The number of halogens is 1. The zero-order chi connectivity index (χ0) is 15.4. The molecule has 0 amide bonds. The van der Waals surface area contributed by atoms with Gasteiger partial charge in [0.05, 0.1) is 12.3 Å². The number of ether oxygens (including phenoxy) is 1. The largest absolute Gasteiger partial charge is 0.381 e. The summed E-state index contributed by atoms with van der Waals surface area (Å²) in [5.74, 6) is 1.76. The quantitative estimate of drug-likeness (QED) is 0.922. The topological polar surface area (TPSA) is 47.0 Å². The lowest BCUT2D eigenvalue weighted by Crippen LogP contribution is -2.10. The number of aromatic nitrogens is 2. The molecule has 2 heterocycles. The van der Waals surface area contributed by atoms with Gasteiger partial charge in [-0.2, -0.15) is 0 Å². The molecule has 2 aromatic rings. The van der Waals surface area contributed by atoms with Crippen molar-refractivity contribution in [1.29, 1.82) is 0 Å². The van der Waals surface area contributed by atoms with E-state index in [1.807, 2.05) is 19.1 Å². The van der Waals surface area contributed by atoms with Crippen molar-refractivity contribution in [1.82, 2.24) is 9.97 Å². The van der Waals surface area contributed by atoms with Gasteiger partial charge in [-0.1, -0.05) is 12.1 Å². The second-order valence-electron chi connectivity index (χ2n) is 5.59. The molecule has 1 unspecified atom stereocenters. The Balaban J connectivity index is 1.62. The summed E-state index contributed by atoms with van der Waals surface area (Å²) in [6.07, 6.45) is 1.77. The third kappa shape index (κ3) is 3.80. The van der Waals surface area contributed by atoms with Crippen LogP contribution in [-0.4, -0.2) is 29.7 Å². The fourth-order valence-electron chi connectivity index (χ4n) is 2.69. The predicted octanol–water partition coefficient (Wildman–Crippen LogP) is 3.08. The molecule has 1 atom stereocenters. The third-order valence-corrected chi connectivity index (χ3v) is 3.81. The van der Waals surface area contributed by atoms with E-state index in [0.717, 1.165) is 49.0 Å². The highest BCUT2D eigenvalue weighted by Gasteiger charge is 2.20. The maximum atomic E-state index is 13.1. The molecule has 0 aliphatic carbocycles. The van der Waals surface area contributed by atoms with Crippen LogP contribution in [0.5, 0.6) is 0 Å². The molecule has 3 rings (SSSR count). The Morgan fingerprint density at radius 3 is 3.00 bits per heavy atom.